The van der Waals surface area contributed by atoms with Gasteiger partial charge in [0.2, 0.25) is 5.91 Å². The first-order valence-electron chi connectivity index (χ1n) is 8.82. The summed E-state index contributed by atoms with van der Waals surface area (Å²) in [5, 5.41) is 10.5. The number of nitrogens with zero attached hydrogens (tertiary/aromatic N) is 1. The summed E-state index contributed by atoms with van der Waals surface area (Å²) in [6, 6.07) is 9.90. The number of carbonyl (C=O) groups excluding carboxylic acids is 1. The van der Waals surface area contributed by atoms with Gasteiger partial charge in [0.05, 0.1) is 6.10 Å². The van der Waals surface area contributed by atoms with Crippen LogP contribution in [0.3, 0.4) is 0 Å². The van der Waals surface area contributed by atoms with E-state index in [1.54, 1.807) is 0 Å². The van der Waals surface area contributed by atoms with E-state index >= 15 is 0 Å². The Morgan fingerprint density at radius 3 is 2.43 bits per heavy atom. The molecule has 2 heterocycles. The van der Waals surface area contributed by atoms with E-state index in [9.17, 15) is 9.90 Å². The molecule has 126 valence electrons. The topological polar surface area (TPSA) is 40.5 Å². The van der Waals surface area contributed by atoms with Gasteiger partial charge < -0.3 is 10.0 Å². The van der Waals surface area contributed by atoms with Crippen molar-refractivity contribution in [2.75, 3.05) is 24.6 Å². The second kappa shape index (κ2) is 8.20. The fourth-order valence-electron chi connectivity index (χ4n) is 3.71. The van der Waals surface area contributed by atoms with Gasteiger partial charge in [0.15, 0.2) is 0 Å². The van der Waals surface area contributed by atoms with E-state index in [0.29, 0.717) is 11.8 Å². The number of hydrogen-bond donors (Lipinski definition) is 1. The van der Waals surface area contributed by atoms with Gasteiger partial charge in [-0.1, -0.05) is 30.3 Å². The van der Waals surface area contributed by atoms with Crippen LogP contribution in [0.25, 0.3) is 0 Å². The maximum absolute atomic E-state index is 12.5. The van der Waals surface area contributed by atoms with Gasteiger partial charge in [0.25, 0.3) is 0 Å². The number of amides is 1. The molecule has 3 nitrogen and oxygen atoms in total. The lowest BCUT2D eigenvalue weighted by Crippen LogP contribution is -2.40. The van der Waals surface area contributed by atoms with Crippen LogP contribution in [0.5, 0.6) is 0 Å². The number of likely N-dealkylation sites (tertiary alicyclic amines) is 1. The van der Waals surface area contributed by atoms with Crippen molar-refractivity contribution in [1.82, 2.24) is 4.90 Å². The van der Waals surface area contributed by atoms with Crippen LogP contribution in [0, 0.1) is 11.8 Å². The number of hydrogen-bond acceptors (Lipinski definition) is 3. The molecule has 1 N–H and O–H groups in total. The number of benzene rings is 1. The SMILES string of the molecule is O=C(CC1CCSCC1)N1CCC(C(O)c2ccccc2)CC1. The molecule has 0 aromatic heterocycles. The largest absolute Gasteiger partial charge is 0.388 e. The summed E-state index contributed by atoms with van der Waals surface area (Å²) in [4.78, 5) is 14.5. The number of carbonyl (C=O) groups is 1. The number of aliphatic hydroxyl groups is 1. The first-order valence-corrected chi connectivity index (χ1v) is 9.98. The summed E-state index contributed by atoms with van der Waals surface area (Å²) in [5.74, 6) is 3.62. The predicted molar refractivity (Wildman–Crippen MR) is 95.4 cm³/mol. The second-order valence-corrected chi connectivity index (χ2v) is 8.06. The zero-order valence-electron chi connectivity index (χ0n) is 13.7. The van der Waals surface area contributed by atoms with Crippen LogP contribution < -0.4 is 0 Å². The molecule has 1 atom stereocenters. The first-order chi connectivity index (χ1) is 11.2. The number of rotatable bonds is 4. The van der Waals surface area contributed by atoms with Gasteiger partial charge in [-0.2, -0.15) is 11.8 Å². The molecule has 4 heteroatoms. The average molecular weight is 333 g/mol. The highest BCUT2D eigenvalue weighted by atomic mass is 32.2. The third-order valence-electron chi connectivity index (χ3n) is 5.28. The normalized spacial score (nSPS) is 22.0. The molecule has 2 aliphatic heterocycles. The summed E-state index contributed by atoms with van der Waals surface area (Å²) >= 11 is 2.01. The van der Waals surface area contributed by atoms with Crippen LogP contribution in [0.15, 0.2) is 30.3 Å². The molecular weight excluding hydrogens is 306 g/mol. The summed E-state index contributed by atoms with van der Waals surface area (Å²) in [5.41, 5.74) is 0.997. The minimum Gasteiger partial charge on any atom is -0.388 e. The summed E-state index contributed by atoms with van der Waals surface area (Å²) < 4.78 is 0. The molecule has 1 amide bonds. The molecule has 2 aliphatic rings. The molecule has 1 unspecified atom stereocenters. The monoisotopic (exact) mass is 333 g/mol. The van der Waals surface area contributed by atoms with E-state index in [1.807, 2.05) is 47.0 Å². The van der Waals surface area contributed by atoms with Gasteiger partial charge >= 0.3 is 0 Å². The quantitative estimate of drug-likeness (QED) is 0.917. The highest BCUT2D eigenvalue weighted by molar-refractivity contribution is 7.99. The Labute approximate surface area is 143 Å². The highest BCUT2D eigenvalue weighted by Crippen LogP contribution is 2.32. The lowest BCUT2D eigenvalue weighted by atomic mass is 9.87. The van der Waals surface area contributed by atoms with Crippen molar-refractivity contribution >= 4 is 17.7 Å². The molecule has 1 aromatic rings. The Kier molecular flexibility index (Phi) is 6.01. The van der Waals surface area contributed by atoms with Crippen LogP contribution in [0.1, 0.15) is 43.8 Å². The molecular formula is C19H27NO2S. The van der Waals surface area contributed by atoms with Crippen LogP contribution in [0.4, 0.5) is 0 Å². The zero-order valence-corrected chi connectivity index (χ0v) is 14.5. The number of thioether (sulfide) groups is 1. The Balaban J connectivity index is 1.47. The van der Waals surface area contributed by atoms with Gasteiger partial charge in [-0.3, -0.25) is 4.79 Å². The highest BCUT2D eigenvalue weighted by Gasteiger charge is 2.29. The minimum atomic E-state index is -0.399. The molecule has 3 rings (SSSR count). The Morgan fingerprint density at radius 1 is 1.13 bits per heavy atom. The smallest absolute Gasteiger partial charge is 0.222 e. The molecule has 1 aromatic carbocycles. The van der Waals surface area contributed by atoms with Gasteiger partial charge in [-0.05, 0) is 54.6 Å². The fourth-order valence-corrected chi connectivity index (χ4v) is 4.92. The van der Waals surface area contributed by atoms with E-state index in [0.717, 1.165) is 37.9 Å². The molecule has 0 saturated carbocycles. The van der Waals surface area contributed by atoms with E-state index in [2.05, 4.69) is 0 Å². The Morgan fingerprint density at radius 2 is 1.78 bits per heavy atom. The van der Waals surface area contributed by atoms with Gasteiger partial charge in [0, 0.05) is 19.5 Å². The van der Waals surface area contributed by atoms with E-state index < -0.39 is 6.10 Å². The Hall–Kier alpha value is -1.00. The van der Waals surface area contributed by atoms with Crippen molar-refractivity contribution in [2.24, 2.45) is 11.8 Å². The lowest BCUT2D eigenvalue weighted by molar-refractivity contribution is -0.134. The minimum absolute atomic E-state index is 0.271. The van der Waals surface area contributed by atoms with E-state index in [-0.39, 0.29) is 5.92 Å². The number of piperidine rings is 1. The molecule has 0 radical (unpaired) electrons. The Bertz CT molecular complexity index is 493. The predicted octanol–water partition coefficient (Wildman–Crippen LogP) is 3.49. The first kappa shape index (κ1) is 16.8. The van der Waals surface area contributed by atoms with Crippen molar-refractivity contribution in [3.05, 3.63) is 35.9 Å². The van der Waals surface area contributed by atoms with Gasteiger partial charge in [-0.25, -0.2) is 0 Å². The van der Waals surface area contributed by atoms with Crippen molar-refractivity contribution in [2.45, 2.75) is 38.2 Å². The maximum atomic E-state index is 12.5. The molecule has 2 fully saturated rings. The van der Waals surface area contributed by atoms with Crippen molar-refractivity contribution in [3.63, 3.8) is 0 Å². The second-order valence-electron chi connectivity index (χ2n) is 6.83. The van der Waals surface area contributed by atoms with Crippen molar-refractivity contribution in [1.29, 1.82) is 0 Å². The lowest BCUT2D eigenvalue weighted by Gasteiger charge is -2.35. The van der Waals surface area contributed by atoms with Crippen molar-refractivity contribution < 1.29 is 9.90 Å². The molecule has 2 saturated heterocycles. The molecule has 0 spiro atoms. The summed E-state index contributed by atoms with van der Waals surface area (Å²) in [6.45, 7) is 1.60. The van der Waals surface area contributed by atoms with E-state index in [1.165, 1.54) is 24.3 Å². The van der Waals surface area contributed by atoms with E-state index in [4.69, 9.17) is 0 Å². The summed E-state index contributed by atoms with van der Waals surface area (Å²) in [7, 11) is 0. The summed E-state index contributed by atoms with van der Waals surface area (Å²) in [6.07, 6.45) is 4.53. The standard InChI is InChI=1S/C19H27NO2S/c21-18(14-15-8-12-23-13-9-15)20-10-6-17(7-11-20)19(22)16-4-2-1-3-5-16/h1-5,15,17,19,22H,6-14H2. The zero-order chi connectivity index (χ0) is 16.1. The fraction of sp³-hybridized carbons (Fsp3) is 0.632. The van der Waals surface area contributed by atoms with Gasteiger partial charge in [-0.15, -0.1) is 0 Å². The van der Waals surface area contributed by atoms with Crippen LogP contribution in [0.2, 0.25) is 0 Å². The van der Waals surface area contributed by atoms with Crippen LogP contribution in [-0.2, 0) is 4.79 Å². The van der Waals surface area contributed by atoms with Gasteiger partial charge in [0.1, 0.15) is 0 Å². The van der Waals surface area contributed by atoms with Crippen molar-refractivity contribution in [3.8, 4) is 0 Å². The number of aliphatic hydroxyl groups excluding tert-OH is 1. The average Bonchev–Trinajstić information content (AvgIpc) is 2.63. The maximum Gasteiger partial charge on any atom is 0.222 e. The molecule has 23 heavy (non-hydrogen) atoms. The van der Waals surface area contributed by atoms with Crippen LogP contribution in [-0.4, -0.2) is 40.5 Å². The third-order valence-corrected chi connectivity index (χ3v) is 6.33. The third kappa shape index (κ3) is 4.51. The van der Waals surface area contributed by atoms with Crippen LogP contribution >= 0.6 is 11.8 Å². The molecule has 0 bridgehead atoms. The molecule has 0 aliphatic carbocycles.